The zero-order valence-electron chi connectivity index (χ0n) is 17.7. The van der Waals surface area contributed by atoms with E-state index in [0.717, 1.165) is 9.13 Å². The highest BCUT2D eigenvalue weighted by Crippen LogP contribution is 2.35. The van der Waals surface area contributed by atoms with Crippen molar-refractivity contribution in [3.8, 4) is 11.5 Å². The molecule has 0 atom stereocenters. The molecule has 0 fully saturated rings. The maximum Gasteiger partial charge on any atom is 0.352 e. The maximum atomic E-state index is 12.4. The van der Waals surface area contributed by atoms with Gasteiger partial charge in [-0.2, -0.15) is 0 Å². The van der Waals surface area contributed by atoms with E-state index in [9.17, 15) is 14.7 Å². The highest BCUT2D eigenvalue weighted by Gasteiger charge is 2.16. The second kappa shape index (κ2) is 11.7. The minimum Gasteiger partial charge on any atom is -0.490 e. The van der Waals surface area contributed by atoms with Gasteiger partial charge >= 0.3 is 5.97 Å². The second-order valence-electron chi connectivity index (χ2n) is 6.86. The molecular weight excluding hydrogens is 557 g/mol. The molecule has 0 radical (unpaired) electrons. The van der Waals surface area contributed by atoms with Crippen molar-refractivity contribution in [1.29, 1.82) is 0 Å². The number of hydrogen-bond donors (Lipinski definition) is 2. The Morgan fingerprint density at radius 3 is 2.39 bits per heavy atom. The lowest BCUT2D eigenvalue weighted by molar-refractivity contribution is -0.132. The molecule has 2 N–H and O–H groups in total. The Kier molecular flexibility index (Phi) is 8.73. The van der Waals surface area contributed by atoms with Gasteiger partial charge in [0.2, 0.25) is 0 Å². The van der Waals surface area contributed by atoms with Crippen molar-refractivity contribution in [2.45, 2.75) is 13.5 Å². The lowest BCUT2D eigenvalue weighted by atomic mass is 10.1. The molecule has 170 valence electrons. The summed E-state index contributed by atoms with van der Waals surface area (Å²) in [6.07, 6.45) is 1.39. The van der Waals surface area contributed by atoms with E-state index in [0.29, 0.717) is 40.9 Å². The Bertz CT molecular complexity index is 1160. The predicted octanol–water partition coefficient (Wildman–Crippen LogP) is 5.78. The van der Waals surface area contributed by atoms with Crippen LogP contribution in [0.2, 0.25) is 5.02 Å². The van der Waals surface area contributed by atoms with Crippen LogP contribution < -0.4 is 14.8 Å². The van der Waals surface area contributed by atoms with Crippen LogP contribution in [0.3, 0.4) is 0 Å². The topological polar surface area (TPSA) is 84.9 Å². The van der Waals surface area contributed by atoms with E-state index >= 15 is 0 Å². The van der Waals surface area contributed by atoms with E-state index in [4.69, 9.17) is 21.1 Å². The first-order valence-corrected chi connectivity index (χ1v) is 11.5. The van der Waals surface area contributed by atoms with E-state index in [1.54, 1.807) is 54.6 Å². The number of aliphatic carboxylic acids is 1. The zero-order chi connectivity index (χ0) is 23.8. The Balaban J connectivity index is 1.86. The van der Waals surface area contributed by atoms with E-state index in [-0.39, 0.29) is 5.70 Å². The number of halogens is 2. The number of amides is 1. The van der Waals surface area contributed by atoms with Crippen LogP contribution in [0.15, 0.2) is 72.4 Å². The fourth-order valence-corrected chi connectivity index (χ4v) is 3.82. The molecule has 1 amide bonds. The summed E-state index contributed by atoms with van der Waals surface area (Å²) < 4.78 is 12.5. The minimum absolute atomic E-state index is 0.253. The number of carbonyl (C=O) groups excluding carboxylic acids is 1. The number of carbonyl (C=O) groups is 2. The normalized spacial score (nSPS) is 11.1. The molecule has 33 heavy (non-hydrogen) atoms. The van der Waals surface area contributed by atoms with Gasteiger partial charge in [0.1, 0.15) is 12.3 Å². The molecule has 0 saturated heterocycles. The lowest BCUT2D eigenvalue weighted by Crippen LogP contribution is -2.27. The first kappa shape index (κ1) is 24.6. The Morgan fingerprint density at radius 1 is 1.06 bits per heavy atom. The summed E-state index contributed by atoms with van der Waals surface area (Å²) in [7, 11) is 0. The van der Waals surface area contributed by atoms with Crippen molar-refractivity contribution < 1.29 is 24.2 Å². The molecule has 0 unspecified atom stereocenters. The van der Waals surface area contributed by atoms with Crippen LogP contribution in [0, 0.1) is 3.57 Å². The van der Waals surface area contributed by atoms with Gasteiger partial charge in [0.05, 0.1) is 10.2 Å². The number of nitrogens with one attached hydrogen (secondary N) is 1. The summed E-state index contributed by atoms with van der Waals surface area (Å²) in [5.41, 5.74) is 1.60. The molecule has 0 heterocycles. The molecule has 0 aliphatic carbocycles. The van der Waals surface area contributed by atoms with E-state index < -0.39 is 11.9 Å². The van der Waals surface area contributed by atoms with Crippen LogP contribution in [0.4, 0.5) is 0 Å². The van der Waals surface area contributed by atoms with Gasteiger partial charge in [0.25, 0.3) is 5.91 Å². The number of carboxylic acids is 1. The molecular formula is C25H21ClINO5. The maximum absolute atomic E-state index is 12.4. The summed E-state index contributed by atoms with van der Waals surface area (Å²) in [5, 5.41) is 12.7. The summed E-state index contributed by atoms with van der Waals surface area (Å²) in [4.78, 5) is 24.2. The standard InChI is InChI=1S/C25H21ClINO5/c1-2-32-22-14-17(12-20(27)23(22)33-15-16-8-10-19(26)11-9-16)13-21(25(30)31)28-24(29)18-6-4-3-5-7-18/h3-14H,2,15H2,1H3,(H,28,29)(H,30,31)/b21-13+. The monoisotopic (exact) mass is 577 g/mol. The third kappa shape index (κ3) is 6.97. The van der Waals surface area contributed by atoms with Crippen LogP contribution in [0.1, 0.15) is 28.4 Å². The van der Waals surface area contributed by atoms with Gasteiger partial charge in [0.15, 0.2) is 11.5 Å². The molecule has 0 spiro atoms. The average Bonchev–Trinajstić information content (AvgIpc) is 2.80. The van der Waals surface area contributed by atoms with Gasteiger partial charge in [-0.05, 0) is 83.1 Å². The largest absolute Gasteiger partial charge is 0.490 e. The van der Waals surface area contributed by atoms with Crippen molar-refractivity contribution in [1.82, 2.24) is 5.32 Å². The number of ether oxygens (including phenoxy) is 2. The molecule has 0 aromatic heterocycles. The van der Waals surface area contributed by atoms with Crippen LogP contribution in [-0.2, 0) is 11.4 Å². The summed E-state index contributed by atoms with van der Waals surface area (Å²) in [5.74, 6) is -0.735. The van der Waals surface area contributed by atoms with E-state index in [1.165, 1.54) is 6.08 Å². The predicted molar refractivity (Wildman–Crippen MR) is 136 cm³/mol. The van der Waals surface area contributed by atoms with Gasteiger partial charge in [-0.15, -0.1) is 0 Å². The highest BCUT2D eigenvalue weighted by atomic mass is 127. The molecule has 0 bridgehead atoms. The zero-order valence-corrected chi connectivity index (χ0v) is 20.6. The smallest absolute Gasteiger partial charge is 0.352 e. The average molecular weight is 578 g/mol. The Hall–Kier alpha value is -3.04. The summed E-state index contributed by atoms with van der Waals surface area (Å²) >= 11 is 8.04. The number of benzene rings is 3. The SMILES string of the molecule is CCOc1cc(/C=C(/NC(=O)c2ccccc2)C(=O)O)cc(I)c1OCc1ccc(Cl)cc1. The summed E-state index contributed by atoms with van der Waals surface area (Å²) in [6, 6.07) is 19.2. The van der Waals surface area contributed by atoms with Gasteiger partial charge in [-0.25, -0.2) is 4.79 Å². The summed E-state index contributed by atoms with van der Waals surface area (Å²) in [6.45, 7) is 2.56. The molecule has 3 rings (SSSR count). The van der Waals surface area contributed by atoms with Gasteiger partial charge in [-0.1, -0.05) is 41.9 Å². The molecule has 3 aromatic rings. The molecule has 0 saturated carbocycles. The molecule has 6 nitrogen and oxygen atoms in total. The second-order valence-corrected chi connectivity index (χ2v) is 8.46. The fraction of sp³-hybridized carbons (Fsp3) is 0.120. The lowest BCUT2D eigenvalue weighted by Gasteiger charge is -2.15. The third-order valence-corrected chi connectivity index (χ3v) is 5.51. The highest BCUT2D eigenvalue weighted by molar-refractivity contribution is 14.1. The minimum atomic E-state index is -1.25. The van der Waals surface area contributed by atoms with Crippen LogP contribution in [-0.4, -0.2) is 23.6 Å². The van der Waals surface area contributed by atoms with Crippen molar-refractivity contribution in [3.05, 3.63) is 97.7 Å². The van der Waals surface area contributed by atoms with Crippen molar-refractivity contribution in [3.63, 3.8) is 0 Å². The molecule has 8 heteroatoms. The van der Waals surface area contributed by atoms with Crippen LogP contribution in [0.25, 0.3) is 6.08 Å². The van der Waals surface area contributed by atoms with Crippen LogP contribution in [0.5, 0.6) is 11.5 Å². The van der Waals surface area contributed by atoms with Gasteiger partial charge < -0.3 is 19.9 Å². The fourth-order valence-electron chi connectivity index (χ4n) is 2.91. The van der Waals surface area contributed by atoms with Gasteiger partial charge in [-0.3, -0.25) is 4.79 Å². The first-order chi connectivity index (χ1) is 15.9. The first-order valence-electron chi connectivity index (χ1n) is 10.0. The van der Waals surface area contributed by atoms with Crippen molar-refractivity contribution in [2.75, 3.05) is 6.61 Å². The third-order valence-electron chi connectivity index (χ3n) is 4.45. The van der Waals surface area contributed by atoms with Crippen LogP contribution >= 0.6 is 34.2 Å². The number of rotatable bonds is 9. The number of carboxylic acid groups (broad SMARTS) is 1. The van der Waals surface area contributed by atoms with E-state index in [1.807, 2.05) is 19.1 Å². The quantitative estimate of drug-likeness (QED) is 0.249. The number of hydrogen-bond acceptors (Lipinski definition) is 4. The Labute approximate surface area is 210 Å². The van der Waals surface area contributed by atoms with Crippen molar-refractivity contribution >= 4 is 52.1 Å². The molecule has 3 aromatic carbocycles. The van der Waals surface area contributed by atoms with Gasteiger partial charge in [0, 0.05) is 10.6 Å². The molecule has 0 aliphatic heterocycles. The molecule has 0 aliphatic rings. The Morgan fingerprint density at radius 2 is 1.76 bits per heavy atom. The van der Waals surface area contributed by atoms with Crippen molar-refractivity contribution in [2.24, 2.45) is 0 Å². The van der Waals surface area contributed by atoms with E-state index in [2.05, 4.69) is 27.9 Å².